The average Bonchev–Trinajstić information content (AvgIpc) is 3.94. The summed E-state index contributed by atoms with van der Waals surface area (Å²) in [5, 5.41) is 50.2. The zero-order valence-electron chi connectivity index (χ0n) is 47.7. The van der Waals surface area contributed by atoms with Crippen molar-refractivity contribution >= 4 is 58.2 Å². The highest BCUT2D eigenvalue weighted by Gasteiger charge is 2.37. The molecular weight excluding hydrogens is 1060 g/mol. The number of rotatable bonds is 34. The van der Waals surface area contributed by atoms with Gasteiger partial charge in [0, 0.05) is 36.4 Å². The summed E-state index contributed by atoms with van der Waals surface area (Å²) in [6.45, 7) is 7.55. The van der Waals surface area contributed by atoms with Crippen LogP contribution in [0.3, 0.4) is 0 Å². The molecule has 0 aliphatic heterocycles. The summed E-state index contributed by atoms with van der Waals surface area (Å²) < 4.78 is 0. The van der Waals surface area contributed by atoms with Crippen molar-refractivity contribution < 1.29 is 53.7 Å². The number of aromatic hydroxyl groups is 2. The van der Waals surface area contributed by atoms with Gasteiger partial charge >= 0.3 is 5.97 Å². The number of hydrogen-bond donors (Lipinski definition) is 14. The van der Waals surface area contributed by atoms with E-state index in [9.17, 15) is 53.7 Å². The molecule has 5 aromatic rings. The zero-order chi connectivity index (χ0) is 60.6. The van der Waals surface area contributed by atoms with Gasteiger partial charge in [-0.2, -0.15) is 0 Å². The summed E-state index contributed by atoms with van der Waals surface area (Å²) in [6, 6.07) is 18.2. The Morgan fingerprint density at radius 2 is 0.916 bits per heavy atom. The first kappa shape index (κ1) is 65.5. The number of H-pyrrole nitrogens is 1. The van der Waals surface area contributed by atoms with Crippen LogP contribution in [0.4, 0.5) is 0 Å². The van der Waals surface area contributed by atoms with Crippen molar-refractivity contribution in [3.63, 3.8) is 0 Å². The number of aromatic nitrogens is 1. The van der Waals surface area contributed by atoms with Crippen LogP contribution in [0.1, 0.15) is 94.9 Å². The van der Waals surface area contributed by atoms with Gasteiger partial charge in [-0.15, -0.1) is 0 Å². The van der Waals surface area contributed by atoms with Gasteiger partial charge in [0.1, 0.15) is 53.8 Å². The van der Waals surface area contributed by atoms with Gasteiger partial charge in [0.25, 0.3) is 0 Å². The molecule has 0 aliphatic carbocycles. The van der Waals surface area contributed by atoms with Crippen molar-refractivity contribution in [2.45, 2.75) is 147 Å². The molecule has 9 atom stereocenters. The number of carbonyl (C=O) groups is 8. The number of carboxylic acid groups (broad SMARTS) is 1. The maximum absolute atomic E-state index is 15.0. The Labute approximate surface area is 484 Å². The lowest BCUT2D eigenvalue weighted by Crippen LogP contribution is -2.61. The van der Waals surface area contributed by atoms with Crippen LogP contribution in [0, 0.1) is 11.8 Å². The maximum Gasteiger partial charge on any atom is 0.326 e. The molecule has 1 aromatic heterocycles. The molecule has 9 unspecified atom stereocenters. The summed E-state index contributed by atoms with van der Waals surface area (Å²) in [6.07, 6.45) is 3.78. The number of nitrogens with two attached hydrogens (primary N) is 3. The fourth-order valence-corrected chi connectivity index (χ4v) is 9.45. The number of amides is 7. The number of phenols is 2. The van der Waals surface area contributed by atoms with E-state index in [4.69, 9.17) is 17.2 Å². The molecule has 22 heteroatoms. The second-order valence-corrected chi connectivity index (χ2v) is 21.4. The number of fused-ring (bicyclic) bond motifs is 1. The van der Waals surface area contributed by atoms with Gasteiger partial charge in [0.05, 0.1) is 6.04 Å². The number of nitrogens with one attached hydrogen (secondary N) is 8. The third-order valence-corrected chi connectivity index (χ3v) is 14.6. The number of hydrogen-bond acceptors (Lipinski definition) is 13. The fourth-order valence-electron chi connectivity index (χ4n) is 9.45. The minimum atomic E-state index is -1.40. The summed E-state index contributed by atoms with van der Waals surface area (Å²) >= 11 is 0. The Morgan fingerprint density at radius 1 is 0.482 bits per heavy atom. The predicted molar refractivity (Wildman–Crippen MR) is 315 cm³/mol. The molecule has 0 spiro atoms. The zero-order valence-corrected chi connectivity index (χ0v) is 47.7. The largest absolute Gasteiger partial charge is 0.508 e. The van der Waals surface area contributed by atoms with Crippen LogP contribution in [-0.2, 0) is 64.0 Å². The second kappa shape index (κ2) is 32.9. The highest BCUT2D eigenvalue weighted by molar-refractivity contribution is 5.98. The van der Waals surface area contributed by atoms with E-state index in [0.717, 1.165) is 16.5 Å². The van der Waals surface area contributed by atoms with Crippen molar-refractivity contribution in [1.82, 2.24) is 42.2 Å². The van der Waals surface area contributed by atoms with Gasteiger partial charge in [0.15, 0.2) is 0 Å². The third kappa shape index (κ3) is 20.6. The third-order valence-electron chi connectivity index (χ3n) is 14.6. The number of benzene rings is 4. The first-order valence-electron chi connectivity index (χ1n) is 28.4. The van der Waals surface area contributed by atoms with Crippen LogP contribution >= 0.6 is 0 Å². The van der Waals surface area contributed by atoms with Crippen molar-refractivity contribution in [2.24, 2.45) is 29.0 Å². The topological polar surface area (TPSA) is 375 Å². The van der Waals surface area contributed by atoms with E-state index in [0.29, 0.717) is 55.3 Å². The molecule has 5 rings (SSSR count). The molecule has 83 heavy (non-hydrogen) atoms. The van der Waals surface area contributed by atoms with Gasteiger partial charge in [-0.1, -0.05) is 107 Å². The molecule has 448 valence electrons. The number of para-hydroxylation sites is 1. The number of aromatic amines is 1. The molecular formula is C61H83N11O11. The van der Waals surface area contributed by atoms with Crippen LogP contribution in [0.2, 0.25) is 0 Å². The number of carbonyl (C=O) groups excluding carboxylic acids is 7. The van der Waals surface area contributed by atoms with E-state index in [-0.39, 0.29) is 56.6 Å². The monoisotopic (exact) mass is 1150 g/mol. The smallest absolute Gasteiger partial charge is 0.326 e. The summed E-state index contributed by atoms with van der Waals surface area (Å²) in [4.78, 5) is 116. The Balaban J connectivity index is 1.44. The molecule has 7 amide bonds. The molecule has 0 bridgehead atoms. The molecule has 0 aliphatic rings. The Hall–Kier alpha value is -8.34. The molecule has 4 aromatic carbocycles. The van der Waals surface area contributed by atoms with Crippen molar-refractivity contribution in [3.8, 4) is 11.5 Å². The van der Waals surface area contributed by atoms with Gasteiger partial charge in [0.2, 0.25) is 41.4 Å². The standard InChI is InChI=1S/C61H83N11O11/c1-5-37(4)53(60(81)70-49(32-39-21-25-42(73)26-22-39)56(77)67-48(61(82)83)20-12-14-30-63)72-55(76)47(19-11-13-29-62)66-58(79)51(34-41-35-65-46-18-10-9-17-44(41)46)68-57(78)50(33-40-23-27-43(74)28-24-40)69-59(80)52(36(2)3)71-54(75)45(64)31-38-15-7-6-8-16-38/h6-10,15-18,21-28,35-37,45,47-53,65,73-74H,5,11-14,19-20,29-34,62-64H2,1-4H3,(H,66,79)(H,67,77)(H,68,78)(H,69,80)(H,70,81)(H,71,75)(H,72,76)(H,82,83). The molecule has 1 heterocycles. The molecule has 22 nitrogen and oxygen atoms in total. The summed E-state index contributed by atoms with van der Waals surface area (Å²) in [7, 11) is 0. The van der Waals surface area contributed by atoms with E-state index < -0.39 is 107 Å². The van der Waals surface area contributed by atoms with E-state index in [1.54, 1.807) is 58.2 Å². The first-order valence-corrected chi connectivity index (χ1v) is 28.4. The quantitative estimate of drug-likeness (QED) is 0.0264. The van der Waals surface area contributed by atoms with E-state index in [1.807, 2.05) is 54.6 Å². The molecule has 17 N–H and O–H groups in total. The molecule has 0 saturated heterocycles. The predicted octanol–water partition coefficient (Wildman–Crippen LogP) is 2.62. The molecule has 0 fully saturated rings. The lowest BCUT2D eigenvalue weighted by Gasteiger charge is -2.30. The maximum atomic E-state index is 15.0. The number of carboxylic acids is 1. The Kier molecular flexibility index (Phi) is 26.0. The van der Waals surface area contributed by atoms with Gasteiger partial charge in [-0.05, 0) is 122 Å². The van der Waals surface area contributed by atoms with Gasteiger partial charge in [-0.3, -0.25) is 33.6 Å². The normalized spacial score (nSPS) is 14.6. The highest BCUT2D eigenvalue weighted by atomic mass is 16.4. The van der Waals surface area contributed by atoms with Crippen molar-refractivity contribution in [2.75, 3.05) is 13.1 Å². The second-order valence-electron chi connectivity index (χ2n) is 21.4. The van der Waals surface area contributed by atoms with Crippen LogP contribution in [-0.4, -0.2) is 129 Å². The summed E-state index contributed by atoms with van der Waals surface area (Å²) in [5.41, 5.74) is 21.1. The van der Waals surface area contributed by atoms with E-state index >= 15 is 0 Å². The summed E-state index contributed by atoms with van der Waals surface area (Å²) in [5.74, 6) is -7.60. The number of aliphatic carboxylic acids is 1. The molecule has 0 saturated carbocycles. The van der Waals surface area contributed by atoms with E-state index in [1.165, 1.54) is 24.3 Å². The first-order chi connectivity index (χ1) is 39.7. The Bertz CT molecular complexity index is 2920. The van der Waals surface area contributed by atoms with Gasteiger partial charge in [-0.25, -0.2) is 4.79 Å². The van der Waals surface area contributed by atoms with Crippen LogP contribution in [0.15, 0.2) is 109 Å². The van der Waals surface area contributed by atoms with Crippen molar-refractivity contribution in [3.05, 3.63) is 132 Å². The Morgan fingerprint density at radius 3 is 1.43 bits per heavy atom. The van der Waals surface area contributed by atoms with E-state index in [2.05, 4.69) is 42.2 Å². The average molecular weight is 1150 g/mol. The van der Waals surface area contributed by atoms with Gasteiger partial charge < -0.3 is 74.7 Å². The van der Waals surface area contributed by atoms with Crippen LogP contribution in [0.5, 0.6) is 11.5 Å². The number of unbranched alkanes of at least 4 members (excludes halogenated alkanes) is 2. The SMILES string of the molecule is CCC(C)C(NC(=O)C(CCCCN)NC(=O)C(Cc1c[nH]c2ccccc12)NC(=O)C(Cc1ccc(O)cc1)NC(=O)C(NC(=O)C(N)Cc1ccccc1)C(C)C)C(=O)NC(Cc1ccc(O)cc1)C(=O)NC(CCCCN)C(=O)O. The lowest BCUT2D eigenvalue weighted by atomic mass is 9.96. The lowest BCUT2D eigenvalue weighted by molar-refractivity contribution is -0.142. The van der Waals surface area contributed by atoms with Crippen molar-refractivity contribution in [1.29, 1.82) is 0 Å². The molecule has 0 radical (unpaired) electrons. The highest BCUT2D eigenvalue weighted by Crippen LogP contribution is 2.21. The fraction of sp³-hybridized carbons (Fsp3) is 0.443. The number of phenolic OH excluding ortho intramolecular Hbond substituents is 2. The minimum Gasteiger partial charge on any atom is -0.508 e. The minimum absolute atomic E-state index is 0.0389. The van der Waals surface area contributed by atoms with Crippen LogP contribution in [0.25, 0.3) is 10.9 Å². The van der Waals surface area contributed by atoms with Crippen LogP contribution < -0.4 is 54.4 Å².